The first-order valence-corrected chi connectivity index (χ1v) is 5.61. The lowest BCUT2D eigenvalue weighted by atomic mass is 10.1. The molecule has 7 heteroatoms. The minimum Gasteiger partial charge on any atom is -0.480 e. The molecular weight excluding hydrogens is 260 g/mol. The van der Waals surface area contributed by atoms with Crippen molar-refractivity contribution in [1.82, 2.24) is 4.90 Å². The Balaban J connectivity index is 2.72. The van der Waals surface area contributed by atoms with E-state index in [4.69, 9.17) is 16.7 Å². The highest BCUT2D eigenvalue weighted by atomic mass is 35.5. The fourth-order valence-corrected chi connectivity index (χ4v) is 1.71. The van der Waals surface area contributed by atoms with Gasteiger partial charge in [0.1, 0.15) is 0 Å². The Morgan fingerprint density at radius 1 is 1.56 bits per heavy atom. The quantitative estimate of drug-likeness (QED) is 0.631. The Hall–Kier alpha value is -1.66. The van der Waals surface area contributed by atoms with Crippen LogP contribution in [-0.4, -0.2) is 41.0 Å². The molecule has 0 aliphatic heterocycles. The van der Waals surface area contributed by atoms with Gasteiger partial charge in [-0.15, -0.1) is 0 Å². The topological polar surface area (TPSA) is 83.7 Å². The third-order valence-electron chi connectivity index (χ3n) is 2.41. The normalized spacial score (nSPS) is 10.6. The summed E-state index contributed by atoms with van der Waals surface area (Å²) in [6, 6.07) is 4.48. The molecule has 0 radical (unpaired) electrons. The molecule has 1 N–H and O–H groups in total. The van der Waals surface area contributed by atoms with E-state index in [0.717, 1.165) is 0 Å². The van der Waals surface area contributed by atoms with Crippen molar-refractivity contribution < 1.29 is 14.8 Å². The van der Waals surface area contributed by atoms with Crippen LogP contribution in [-0.2, 0) is 11.2 Å². The Morgan fingerprint density at radius 3 is 2.78 bits per heavy atom. The first kappa shape index (κ1) is 14.4. The summed E-state index contributed by atoms with van der Waals surface area (Å²) in [6.45, 7) is 0.330. The van der Waals surface area contributed by atoms with Crippen LogP contribution in [0.15, 0.2) is 18.2 Å². The molecule has 1 rings (SSSR count). The highest BCUT2D eigenvalue weighted by Gasteiger charge is 2.15. The Labute approximate surface area is 109 Å². The molecule has 0 saturated heterocycles. The Kier molecular flexibility index (Phi) is 5.06. The molecule has 6 nitrogen and oxygen atoms in total. The molecule has 1 aromatic carbocycles. The van der Waals surface area contributed by atoms with Crippen LogP contribution in [0.3, 0.4) is 0 Å². The number of carbonyl (C=O) groups is 1. The smallest absolute Gasteiger partial charge is 0.317 e. The third kappa shape index (κ3) is 4.31. The summed E-state index contributed by atoms with van der Waals surface area (Å²) < 4.78 is 0. The number of carboxylic acids is 1. The van der Waals surface area contributed by atoms with E-state index in [1.54, 1.807) is 24.1 Å². The van der Waals surface area contributed by atoms with Gasteiger partial charge in [-0.05, 0) is 19.5 Å². The van der Waals surface area contributed by atoms with Crippen molar-refractivity contribution in [3.8, 4) is 0 Å². The molecule has 1 aromatic rings. The lowest BCUT2D eigenvalue weighted by Crippen LogP contribution is -2.27. The van der Waals surface area contributed by atoms with Crippen LogP contribution in [0.5, 0.6) is 0 Å². The van der Waals surface area contributed by atoms with E-state index < -0.39 is 10.9 Å². The van der Waals surface area contributed by atoms with Gasteiger partial charge in [0.05, 0.1) is 11.5 Å². The first-order chi connectivity index (χ1) is 8.40. The summed E-state index contributed by atoms with van der Waals surface area (Å²) in [5, 5.41) is 19.7. The number of nitro benzene ring substituents is 1. The molecule has 0 spiro atoms. The van der Waals surface area contributed by atoms with Crippen LogP contribution >= 0.6 is 11.6 Å². The van der Waals surface area contributed by atoms with E-state index in [9.17, 15) is 14.9 Å². The molecule has 0 amide bonds. The number of benzene rings is 1. The first-order valence-electron chi connectivity index (χ1n) is 5.23. The van der Waals surface area contributed by atoms with Crippen LogP contribution in [0.4, 0.5) is 5.69 Å². The van der Waals surface area contributed by atoms with Crippen molar-refractivity contribution in [2.75, 3.05) is 20.1 Å². The van der Waals surface area contributed by atoms with Gasteiger partial charge in [0.25, 0.3) is 5.69 Å². The molecule has 0 aliphatic rings. The number of hydrogen-bond acceptors (Lipinski definition) is 4. The highest BCUT2D eigenvalue weighted by Crippen LogP contribution is 2.23. The fourth-order valence-electron chi connectivity index (χ4n) is 1.54. The summed E-state index contributed by atoms with van der Waals surface area (Å²) in [7, 11) is 1.65. The average molecular weight is 273 g/mol. The van der Waals surface area contributed by atoms with E-state index in [1.807, 2.05) is 0 Å². The van der Waals surface area contributed by atoms with Gasteiger partial charge in [-0.3, -0.25) is 19.8 Å². The van der Waals surface area contributed by atoms with Crippen molar-refractivity contribution in [3.63, 3.8) is 0 Å². The number of nitro groups is 1. The van der Waals surface area contributed by atoms with Crippen molar-refractivity contribution in [2.45, 2.75) is 6.42 Å². The van der Waals surface area contributed by atoms with Gasteiger partial charge in [-0.2, -0.15) is 0 Å². The minimum absolute atomic E-state index is 0.0359. The van der Waals surface area contributed by atoms with Gasteiger partial charge >= 0.3 is 5.97 Å². The number of likely N-dealkylation sites (N-methyl/N-ethyl adjacent to an activating group) is 1. The van der Waals surface area contributed by atoms with Crippen LogP contribution < -0.4 is 0 Å². The monoisotopic (exact) mass is 272 g/mol. The summed E-state index contributed by atoms with van der Waals surface area (Å²) in [5.74, 6) is -0.928. The average Bonchev–Trinajstić information content (AvgIpc) is 2.26. The zero-order valence-electron chi connectivity index (χ0n) is 9.80. The fraction of sp³-hybridized carbons (Fsp3) is 0.364. The van der Waals surface area contributed by atoms with E-state index in [1.165, 1.54) is 6.07 Å². The number of halogens is 1. The number of carboxylic acid groups (broad SMARTS) is 1. The predicted molar refractivity (Wildman–Crippen MR) is 66.9 cm³/mol. The number of nitrogens with zero attached hydrogens (tertiary/aromatic N) is 2. The maximum absolute atomic E-state index is 10.8. The van der Waals surface area contributed by atoms with Crippen molar-refractivity contribution in [3.05, 3.63) is 38.9 Å². The third-order valence-corrected chi connectivity index (χ3v) is 2.65. The van der Waals surface area contributed by atoms with Crippen LogP contribution in [0, 0.1) is 10.1 Å². The maximum atomic E-state index is 10.8. The summed E-state index contributed by atoms with van der Waals surface area (Å²) in [6.07, 6.45) is 0.400. The zero-order chi connectivity index (χ0) is 13.7. The van der Waals surface area contributed by atoms with Crippen LogP contribution in [0.2, 0.25) is 5.02 Å². The van der Waals surface area contributed by atoms with E-state index >= 15 is 0 Å². The molecule has 18 heavy (non-hydrogen) atoms. The van der Waals surface area contributed by atoms with E-state index in [-0.39, 0.29) is 12.2 Å². The lowest BCUT2D eigenvalue weighted by Gasteiger charge is -2.13. The molecule has 0 aromatic heterocycles. The van der Waals surface area contributed by atoms with E-state index in [0.29, 0.717) is 23.6 Å². The summed E-state index contributed by atoms with van der Waals surface area (Å²) >= 11 is 5.70. The summed E-state index contributed by atoms with van der Waals surface area (Å²) in [5.41, 5.74) is 0.507. The maximum Gasteiger partial charge on any atom is 0.317 e. The molecule has 0 saturated carbocycles. The van der Waals surface area contributed by atoms with Gasteiger partial charge in [0.2, 0.25) is 0 Å². The van der Waals surface area contributed by atoms with Gasteiger partial charge in [-0.25, -0.2) is 0 Å². The molecule has 0 heterocycles. The predicted octanol–water partition coefficient (Wildman–Crippen LogP) is 1.81. The lowest BCUT2D eigenvalue weighted by molar-refractivity contribution is -0.385. The highest BCUT2D eigenvalue weighted by molar-refractivity contribution is 6.30. The second-order valence-electron chi connectivity index (χ2n) is 3.91. The molecule has 0 atom stereocenters. The van der Waals surface area contributed by atoms with Crippen molar-refractivity contribution in [1.29, 1.82) is 0 Å². The van der Waals surface area contributed by atoms with Crippen LogP contribution in [0.25, 0.3) is 0 Å². The second-order valence-corrected chi connectivity index (χ2v) is 4.35. The molecule has 0 bridgehead atoms. The Morgan fingerprint density at radius 2 is 2.22 bits per heavy atom. The summed E-state index contributed by atoms with van der Waals surface area (Å²) in [4.78, 5) is 22.4. The molecule has 98 valence electrons. The standard InChI is InChI=1S/C11H13ClN2O4/c1-13(7-11(15)16)5-4-8-2-3-9(12)6-10(8)14(17)18/h2-3,6H,4-5,7H2,1H3,(H,15,16). The van der Waals surface area contributed by atoms with E-state index in [2.05, 4.69) is 0 Å². The van der Waals surface area contributed by atoms with Crippen molar-refractivity contribution >= 4 is 23.3 Å². The molecule has 0 aliphatic carbocycles. The largest absolute Gasteiger partial charge is 0.480 e. The second kappa shape index (κ2) is 6.32. The van der Waals surface area contributed by atoms with Gasteiger partial charge in [0.15, 0.2) is 0 Å². The minimum atomic E-state index is -0.928. The van der Waals surface area contributed by atoms with Crippen molar-refractivity contribution in [2.24, 2.45) is 0 Å². The zero-order valence-corrected chi connectivity index (χ0v) is 10.6. The molecule has 0 fully saturated rings. The Bertz CT molecular complexity index is 464. The van der Waals surface area contributed by atoms with Crippen LogP contribution in [0.1, 0.15) is 5.56 Å². The van der Waals surface area contributed by atoms with Gasteiger partial charge < -0.3 is 5.11 Å². The SMILES string of the molecule is CN(CCc1ccc(Cl)cc1[N+](=O)[O-])CC(=O)O. The number of aliphatic carboxylic acids is 1. The molecular formula is C11H13ClN2O4. The number of hydrogen-bond donors (Lipinski definition) is 1. The van der Waals surface area contributed by atoms with Gasteiger partial charge in [-0.1, -0.05) is 17.7 Å². The van der Waals surface area contributed by atoms with Gasteiger partial charge in [0, 0.05) is 23.2 Å². The molecule has 0 unspecified atom stereocenters. The number of rotatable bonds is 6.